The first-order valence-corrected chi connectivity index (χ1v) is 6.60. The molecule has 3 aromatic rings. The van der Waals surface area contributed by atoms with Crippen molar-refractivity contribution in [2.24, 2.45) is 0 Å². The highest BCUT2D eigenvalue weighted by Gasteiger charge is 2.39. The van der Waals surface area contributed by atoms with Gasteiger partial charge in [-0.2, -0.15) is 22.7 Å². The monoisotopic (exact) mass is 337 g/mol. The van der Waals surface area contributed by atoms with Crippen LogP contribution < -0.4 is 15.8 Å². The van der Waals surface area contributed by atoms with E-state index >= 15 is 0 Å². The second-order valence-corrected chi connectivity index (χ2v) is 4.69. The van der Waals surface area contributed by atoms with Gasteiger partial charge in [0.25, 0.3) is 0 Å². The number of nitrogens with one attached hydrogen (secondary N) is 1. The molecule has 1 amide bonds. The highest BCUT2D eigenvalue weighted by Crippen LogP contribution is 2.24. The van der Waals surface area contributed by atoms with Crippen LogP contribution in [0.2, 0.25) is 0 Å². The van der Waals surface area contributed by atoms with Gasteiger partial charge < -0.3 is 10.5 Å². The maximum absolute atomic E-state index is 12.3. The van der Waals surface area contributed by atoms with Crippen LogP contribution in [0.25, 0.3) is 5.65 Å². The van der Waals surface area contributed by atoms with Gasteiger partial charge in [-0.05, 0) is 30.3 Å². The number of anilines is 2. The molecule has 2 heterocycles. The van der Waals surface area contributed by atoms with Crippen molar-refractivity contribution in [2.45, 2.75) is 6.18 Å². The Hall–Kier alpha value is -3.30. The summed E-state index contributed by atoms with van der Waals surface area (Å²) in [6, 6.07) is 11.2. The van der Waals surface area contributed by atoms with E-state index in [1.807, 2.05) is 0 Å². The number of amides is 1. The molecule has 0 fully saturated rings. The number of aromatic nitrogens is 3. The number of nitrogens with two attached hydrogens (primary N) is 1. The highest BCUT2D eigenvalue weighted by molar-refractivity contribution is 5.93. The summed E-state index contributed by atoms with van der Waals surface area (Å²) in [5.41, 5.74) is 6.34. The van der Waals surface area contributed by atoms with Crippen LogP contribution in [0.1, 0.15) is 0 Å². The van der Waals surface area contributed by atoms with E-state index in [-0.39, 0.29) is 11.5 Å². The number of hydrogen-bond donors (Lipinski definition) is 2. The molecule has 0 unspecified atom stereocenters. The number of pyridine rings is 1. The van der Waals surface area contributed by atoms with Gasteiger partial charge in [-0.1, -0.05) is 6.07 Å². The summed E-state index contributed by atoms with van der Waals surface area (Å²) in [5, 5.41) is 5.39. The Morgan fingerprint density at radius 1 is 1.17 bits per heavy atom. The van der Waals surface area contributed by atoms with E-state index in [2.05, 4.69) is 10.1 Å². The van der Waals surface area contributed by atoms with Crippen molar-refractivity contribution in [3.05, 3.63) is 42.5 Å². The van der Waals surface area contributed by atoms with E-state index in [0.717, 1.165) is 0 Å². The summed E-state index contributed by atoms with van der Waals surface area (Å²) in [6.45, 7) is 0. The Morgan fingerprint density at radius 3 is 2.54 bits per heavy atom. The van der Waals surface area contributed by atoms with Crippen LogP contribution in [0.15, 0.2) is 42.5 Å². The zero-order chi connectivity index (χ0) is 17.3. The second-order valence-electron chi connectivity index (χ2n) is 4.69. The van der Waals surface area contributed by atoms with Crippen LogP contribution in [0.3, 0.4) is 0 Å². The molecule has 0 aliphatic heterocycles. The van der Waals surface area contributed by atoms with E-state index in [4.69, 9.17) is 10.5 Å². The summed E-state index contributed by atoms with van der Waals surface area (Å²) in [4.78, 5) is 14.8. The normalized spacial score (nSPS) is 11.5. The molecule has 0 radical (unpaired) electrons. The first kappa shape index (κ1) is 15.6. The fourth-order valence-electron chi connectivity index (χ4n) is 1.84. The number of fused-ring (bicyclic) bond motifs is 1. The predicted molar refractivity (Wildman–Crippen MR) is 78.6 cm³/mol. The minimum Gasteiger partial charge on any atom is -0.439 e. The minimum absolute atomic E-state index is 0.206. The average Bonchev–Trinajstić information content (AvgIpc) is 2.92. The number of carbonyl (C=O) groups excluding carboxylic acids is 1. The largest absolute Gasteiger partial charge is 0.471 e. The molecule has 0 bridgehead atoms. The van der Waals surface area contributed by atoms with E-state index in [0.29, 0.717) is 11.4 Å². The quantitative estimate of drug-likeness (QED) is 0.717. The SMILES string of the molecule is Nc1ccc(Oc2cccc3nc(NC(=O)C(F)(F)F)nn23)cc1. The van der Waals surface area contributed by atoms with Gasteiger partial charge in [0.15, 0.2) is 5.65 Å². The fraction of sp³-hybridized carbons (Fsp3) is 0.0714. The fourth-order valence-corrected chi connectivity index (χ4v) is 1.84. The zero-order valence-corrected chi connectivity index (χ0v) is 11.9. The van der Waals surface area contributed by atoms with Gasteiger partial charge in [-0.3, -0.25) is 10.1 Å². The van der Waals surface area contributed by atoms with Gasteiger partial charge in [0.2, 0.25) is 11.8 Å². The molecular formula is C14H10F3N5O2. The van der Waals surface area contributed by atoms with Gasteiger partial charge in [0.1, 0.15) is 5.75 Å². The molecule has 0 saturated heterocycles. The molecule has 3 N–H and O–H groups in total. The lowest BCUT2D eigenvalue weighted by Gasteiger charge is -2.06. The second kappa shape index (κ2) is 5.72. The maximum Gasteiger partial charge on any atom is 0.471 e. The van der Waals surface area contributed by atoms with Gasteiger partial charge in [-0.25, -0.2) is 0 Å². The summed E-state index contributed by atoms with van der Waals surface area (Å²) < 4.78 is 43.6. The van der Waals surface area contributed by atoms with Crippen LogP contribution in [-0.4, -0.2) is 26.7 Å². The van der Waals surface area contributed by atoms with Crippen molar-refractivity contribution in [3.63, 3.8) is 0 Å². The minimum atomic E-state index is -5.03. The maximum atomic E-state index is 12.3. The average molecular weight is 337 g/mol. The van der Waals surface area contributed by atoms with Crippen LogP contribution in [0, 0.1) is 0 Å². The van der Waals surface area contributed by atoms with E-state index in [1.54, 1.807) is 41.7 Å². The topological polar surface area (TPSA) is 94.5 Å². The molecule has 24 heavy (non-hydrogen) atoms. The number of alkyl halides is 3. The number of nitrogens with zero attached hydrogens (tertiary/aromatic N) is 3. The lowest BCUT2D eigenvalue weighted by Crippen LogP contribution is -2.30. The van der Waals surface area contributed by atoms with Crippen molar-refractivity contribution in [2.75, 3.05) is 11.1 Å². The number of benzene rings is 1. The van der Waals surface area contributed by atoms with Crippen LogP contribution in [-0.2, 0) is 4.79 Å². The van der Waals surface area contributed by atoms with Crippen molar-refractivity contribution in [1.82, 2.24) is 14.6 Å². The van der Waals surface area contributed by atoms with Crippen molar-refractivity contribution in [1.29, 1.82) is 0 Å². The van der Waals surface area contributed by atoms with Gasteiger partial charge >= 0.3 is 12.1 Å². The zero-order valence-electron chi connectivity index (χ0n) is 11.9. The molecular weight excluding hydrogens is 327 g/mol. The lowest BCUT2D eigenvalue weighted by atomic mass is 10.3. The third-order valence-corrected chi connectivity index (χ3v) is 2.91. The molecule has 7 nitrogen and oxygen atoms in total. The number of halogens is 3. The molecule has 3 rings (SSSR count). The number of carbonyl (C=O) groups is 1. The van der Waals surface area contributed by atoms with E-state index < -0.39 is 18.0 Å². The lowest BCUT2D eigenvalue weighted by molar-refractivity contribution is -0.167. The van der Waals surface area contributed by atoms with Crippen LogP contribution in [0.5, 0.6) is 11.6 Å². The third-order valence-electron chi connectivity index (χ3n) is 2.91. The number of nitrogen functional groups attached to an aromatic ring is 1. The number of rotatable bonds is 3. The smallest absolute Gasteiger partial charge is 0.439 e. The molecule has 124 valence electrons. The van der Waals surface area contributed by atoms with Crippen LogP contribution >= 0.6 is 0 Å². The Bertz CT molecular complexity index is 890. The Kier molecular flexibility index (Phi) is 3.72. The van der Waals surface area contributed by atoms with Crippen molar-refractivity contribution >= 4 is 23.2 Å². The van der Waals surface area contributed by atoms with E-state index in [1.165, 1.54) is 10.6 Å². The highest BCUT2D eigenvalue weighted by atomic mass is 19.4. The first-order chi connectivity index (χ1) is 11.3. The molecule has 0 spiro atoms. The predicted octanol–water partition coefficient (Wildman–Crippen LogP) is 2.60. The molecule has 0 saturated carbocycles. The summed E-state index contributed by atoms with van der Waals surface area (Å²) >= 11 is 0. The third kappa shape index (κ3) is 3.21. The van der Waals surface area contributed by atoms with E-state index in [9.17, 15) is 18.0 Å². The standard InChI is InChI=1S/C14H10F3N5O2/c15-14(16,17)12(23)20-13-19-10-2-1-3-11(22(10)21-13)24-9-6-4-8(18)5-7-9/h1-7H,18H2,(H,20,21,23). The van der Waals surface area contributed by atoms with Crippen molar-refractivity contribution < 1.29 is 22.7 Å². The summed E-state index contributed by atoms with van der Waals surface area (Å²) in [6.07, 6.45) is -5.03. The molecule has 0 atom stereocenters. The molecule has 2 aromatic heterocycles. The molecule has 10 heteroatoms. The molecule has 0 aliphatic rings. The van der Waals surface area contributed by atoms with Gasteiger partial charge in [-0.15, -0.1) is 5.10 Å². The first-order valence-electron chi connectivity index (χ1n) is 6.60. The van der Waals surface area contributed by atoms with Crippen molar-refractivity contribution in [3.8, 4) is 11.6 Å². The van der Waals surface area contributed by atoms with Crippen LogP contribution in [0.4, 0.5) is 24.8 Å². The number of ether oxygens (including phenoxy) is 1. The molecule has 1 aromatic carbocycles. The summed E-state index contributed by atoms with van der Waals surface area (Å²) in [7, 11) is 0. The Balaban J connectivity index is 1.90. The Labute approximate surface area is 132 Å². The number of hydrogen-bond acceptors (Lipinski definition) is 5. The molecule has 0 aliphatic carbocycles. The van der Waals surface area contributed by atoms with Gasteiger partial charge in [0.05, 0.1) is 0 Å². The summed E-state index contributed by atoms with van der Waals surface area (Å²) in [5.74, 6) is -1.98. The Morgan fingerprint density at radius 2 is 1.88 bits per heavy atom. The van der Waals surface area contributed by atoms with Gasteiger partial charge in [0, 0.05) is 11.8 Å².